The SMILES string of the molecule is COC(=O)N[C@H](C(=O)N1CC(O)C[C@H]1c1nc2c([nH]1)=CC([C@@H]1CC[C@@H](c3ccc4nc([C@@H]5C[C@H](O)CN5C(=O)[C@@H](NC(=O)OC)C(C)C)[nH]c4c3)N1c1ccc(F)cc1)CC=2)C(C)C. The Kier molecular flexibility index (Phi) is 12.7. The Bertz CT molecular complexity index is 2510. The highest BCUT2D eigenvalue weighted by atomic mass is 19.1. The molecule has 2 aromatic carbocycles. The summed E-state index contributed by atoms with van der Waals surface area (Å²) in [5.41, 5.74) is 3.39. The molecule has 342 valence electrons. The first kappa shape index (κ1) is 44.6. The molecule has 8 rings (SSSR count). The van der Waals surface area contributed by atoms with Crippen molar-refractivity contribution in [1.29, 1.82) is 0 Å². The standard InChI is InChI=1S/C46H58FN9O8/c1-23(2)39(52-45(61)63-5)43(59)54-21-29(57)19-37(54)41-48-31-13-7-25(17-33(31)50-41)35-15-16-36(56(35)28-11-9-27(47)10-12-28)26-8-14-32-34(18-26)51-42(49-32)38-20-30(58)22-55(38)44(60)40(24(3)4)53-46(62)64-6/h7,9-14,17-18,23-24,26,29-30,35-40,57-58H,8,15-16,19-22H2,1-6H3,(H,48,50)(H,49,51)(H,52,61)(H,53,62)/t26?,29-,30?,35-,36-,37-,38-,39-,40-/m0/s1. The van der Waals surface area contributed by atoms with Crippen LogP contribution in [-0.2, 0) is 19.1 Å². The number of amides is 4. The molecule has 4 aromatic rings. The Hall–Kier alpha value is -6.01. The van der Waals surface area contributed by atoms with Gasteiger partial charge in [-0.15, -0.1) is 0 Å². The highest BCUT2D eigenvalue weighted by Crippen LogP contribution is 2.45. The molecule has 5 heterocycles. The molecule has 0 saturated carbocycles. The van der Waals surface area contributed by atoms with Crippen LogP contribution in [0.4, 0.5) is 19.7 Å². The first-order chi connectivity index (χ1) is 30.6. The zero-order valence-electron chi connectivity index (χ0n) is 37.0. The number of likely N-dealkylation sites (tertiary alicyclic amines) is 2. The number of anilines is 1. The number of alkyl carbamates (subject to hydrolysis) is 2. The van der Waals surface area contributed by atoms with Crippen molar-refractivity contribution < 1.29 is 43.3 Å². The molecule has 18 heteroatoms. The molecule has 6 N–H and O–H groups in total. The molecule has 4 aliphatic rings. The van der Waals surface area contributed by atoms with Crippen LogP contribution >= 0.6 is 0 Å². The lowest BCUT2D eigenvalue weighted by molar-refractivity contribution is -0.136. The molecule has 4 amide bonds. The molecular formula is C46H58FN9O8. The number of imidazole rings is 2. The van der Waals surface area contributed by atoms with Crippen LogP contribution < -0.4 is 26.2 Å². The van der Waals surface area contributed by atoms with Gasteiger partial charge in [0.05, 0.1) is 66.3 Å². The molecule has 17 nitrogen and oxygen atoms in total. The van der Waals surface area contributed by atoms with E-state index in [1.165, 1.54) is 26.4 Å². The quantitative estimate of drug-likeness (QED) is 0.128. The summed E-state index contributed by atoms with van der Waals surface area (Å²) < 4.78 is 23.9. The largest absolute Gasteiger partial charge is 0.453 e. The van der Waals surface area contributed by atoms with E-state index < -0.39 is 48.6 Å². The second-order valence-corrected chi connectivity index (χ2v) is 18.1. The first-order valence-electron chi connectivity index (χ1n) is 22.1. The number of carbonyl (C=O) groups is 4. The van der Waals surface area contributed by atoms with Crippen LogP contribution in [0.2, 0.25) is 0 Å². The van der Waals surface area contributed by atoms with Gasteiger partial charge in [0.1, 0.15) is 29.5 Å². The minimum absolute atomic E-state index is 0.0225. The zero-order valence-corrected chi connectivity index (χ0v) is 37.0. The average molecular weight is 884 g/mol. The van der Waals surface area contributed by atoms with E-state index in [4.69, 9.17) is 19.4 Å². The van der Waals surface area contributed by atoms with E-state index in [0.29, 0.717) is 30.0 Å². The summed E-state index contributed by atoms with van der Waals surface area (Å²) in [5, 5.41) is 28.4. The van der Waals surface area contributed by atoms with Gasteiger partial charge in [-0.3, -0.25) is 9.59 Å². The Balaban J connectivity index is 1.06. The van der Waals surface area contributed by atoms with Crippen LogP contribution in [-0.4, -0.2) is 122 Å². The second-order valence-electron chi connectivity index (χ2n) is 18.1. The van der Waals surface area contributed by atoms with Crippen molar-refractivity contribution >= 4 is 52.9 Å². The van der Waals surface area contributed by atoms with Gasteiger partial charge in [0.15, 0.2) is 0 Å². The highest BCUT2D eigenvalue weighted by molar-refractivity contribution is 5.87. The number of aromatic nitrogens is 4. The van der Waals surface area contributed by atoms with Crippen LogP contribution in [0.15, 0.2) is 42.5 Å². The van der Waals surface area contributed by atoms with Crippen molar-refractivity contribution in [3.63, 3.8) is 0 Å². The smallest absolute Gasteiger partial charge is 0.407 e. The maximum absolute atomic E-state index is 14.4. The lowest BCUT2D eigenvalue weighted by Crippen LogP contribution is -2.51. The molecule has 0 bridgehead atoms. The third kappa shape index (κ3) is 8.76. The molecule has 2 aromatic heterocycles. The summed E-state index contributed by atoms with van der Waals surface area (Å²) >= 11 is 0. The van der Waals surface area contributed by atoms with E-state index in [1.807, 2.05) is 45.9 Å². The minimum atomic E-state index is -0.854. The normalized spacial score (nSPS) is 25.2. The molecule has 1 aliphatic carbocycles. The molecule has 64 heavy (non-hydrogen) atoms. The van der Waals surface area contributed by atoms with Gasteiger partial charge in [-0.2, -0.15) is 0 Å². The van der Waals surface area contributed by atoms with Crippen molar-refractivity contribution in [3.8, 4) is 0 Å². The Morgan fingerprint density at radius 3 is 1.92 bits per heavy atom. The summed E-state index contributed by atoms with van der Waals surface area (Å²) in [4.78, 5) is 74.2. The number of β-amino-alcohol motifs (C(OH)–C–C–N with tert-alkyl or cyclic N) is 2. The Morgan fingerprint density at radius 2 is 1.36 bits per heavy atom. The molecule has 2 unspecified atom stereocenters. The zero-order chi connectivity index (χ0) is 45.6. The molecule has 0 spiro atoms. The van der Waals surface area contributed by atoms with E-state index in [-0.39, 0.29) is 67.0 Å². The van der Waals surface area contributed by atoms with E-state index in [1.54, 1.807) is 9.80 Å². The Morgan fingerprint density at radius 1 is 0.781 bits per heavy atom. The fourth-order valence-corrected chi connectivity index (χ4v) is 10.0. The minimum Gasteiger partial charge on any atom is -0.453 e. The van der Waals surface area contributed by atoms with Gasteiger partial charge in [0, 0.05) is 43.6 Å². The Labute approximate surface area is 370 Å². The average Bonchev–Trinajstić information content (AvgIpc) is 4.12. The fourth-order valence-electron chi connectivity index (χ4n) is 10.0. The number of H-pyrrole nitrogens is 2. The monoisotopic (exact) mass is 883 g/mol. The summed E-state index contributed by atoms with van der Waals surface area (Å²) in [6.07, 6.45) is 4.28. The number of aromatic amines is 2. The maximum atomic E-state index is 14.4. The van der Waals surface area contributed by atoms with E-state index in [9.17, 15) is 33.8 Å². The van der Waals surface area contributed by atoms with Gasteiger partial charge < -0.3 is 55.0 Å². The van der Waals surface area contributed by atoms with Gasteiger partial charge in [-0.25, -0.2) is 23.9 Å². The summed E-state index contributed by atoms with van der Waals surface area (Å²) in [6.45, 7) is 7.55. The number of aliphatic hydroxyl groups is 2. The van der Waals surface area contributed by atoms with Crippen molar-refractivity contribution in [2.75, 3.05) is 32.2 Å². The summed E-state index contributed by atoms with van der Waals surface area (Å²) in [7, 11) is 2.49. The van der Waals surface area contributed by atoms with Gasteiger partial charge >= 0.3 is 12.2 Å². The van der Waals surface area contributed by atoms with Crippen molar-refractivity contribution in [1.82, 2.24) is 40.4 Å². The van der Waals surface area contributed by atoms with Gasteiger partial charge in [0.25, 0.3) is 0 Å². The number of methoxy groups -OCH3 is 2. The number of fused-ring (bicyclic) bond motifs is 2. The van der Waals surface area contributed by atoms with Gasteiger partial charge in [-0.1, -0.05) is 45.9 Å². The van der Waals surface area contributed by atoms with Crippen LogP contribution in [0.25, 0.3) is 23.2 Å². The number of ether oxygens (including phenoxy) is 2. The number of benzene rings is 2. The third-order valence-corrected chi connectivity index (χ3v) is 13.2. The predicted octanol–water partition coefficient (Wildman–Crippen LogP) is 3.45. The summed E-state index contributed by atoms with van der Waals surface area (Å²) in [5.74, 6) is -0.299. The molecule has 3 fully saturated rings. The molecule has 3 saturated heterocycles. The lowest BCUT2D eigenvalue weighted by Gasteiger charge is -2.36. The molecular weight excluding hydrogens is 826 g/mol. The first-order valence-corrected chi connectivity index (χ1v) is 22.1. The number of rotatable bonds is 11. The molecule has 0 radical (unpaired) electrons. The predicted molar refractivity (Wildman–Crippen MR) is 234 cm³/mol. The number of carbonyl (C=O) groups excluding carboxylic acids is 4. The third-order valence-electron chi connectivity index (χ3n) is 13.2. The molecule has 9 atom stereocenters. The van der Waals surface area contributed by atoms with Gasteiger partial charge in [-0.05, 0) is 73.1 Å². The van der Waals surface area contributed by atoms with Crippen LogP contribution in [0.5, 0.6) is 0 Å². The van der Waals surface area contributed by atoms with Gasteiger partial charge in [0.2, 0.25) is 11.8 Å². The van der Waals surface area contributed by atoms with Crippen molar-refractivity contribution in [2.45, 2.75) is 108 Å². The number of aliphatic hydroxyl groups excluding tert-OH is 2. The topological polar surface area (TPSA) is 218 Å². The number of nitrogens with one attached hydrogen (secondary N) is 4. The number of nitrogens with zero attached hydrogens (tertiary/aromatic N) is 5. The number of hydrogen-bond donors (Lipinski definition) is 6. The fraction of sp³-hybridized carbons (Fsp3) is 0.522. The highest BCUT2D eigenvalue weighted by Gasteiger charge is 2.44. The second kappa shape index (κ2) is 18.2. The van der Waals surface area contributed by atoms with E-state index in [2.05, 4.69) is 49.8 Å². The molecule has 3 aliphatic heterocycles. The van der Waals surface area contributed by atoms with Crippen LogP contribution in [0, 0.1) is 23.6 Å². The lowest BCUT2D eigenvalue weighted by atomic mass is 9.91. The van der Waals surface area contributed by atoms with Crippen molar-refractivity contribution in [3.05, 3.63) is 76.2 Å². The van der Waals surface area contributed by atoms with E-state index >= 15 is 0 Å². The number of hydrogen-bond acceptors (Lipinski definition) is 11. The van der Waals surface area contributed by atoms with E-state index in [0.717, 1.165) is 40.3 Å². The summed E-state index contributed by atoms with van der Waals surface area (Å²) in [6, 6.07) is 9.84. The van der Waals surface area contributed by atoms with Crippen LogP contribution in [0.1, 0.15) is 95.1 Å². The van der Waals surface area contributed by atoms with Crippen LogP contribution in [0.3, 0.4) is 0 Å². The maximum Gasteiger partial charge on any atom is 0.407 e. The number of halogens is 1. The van der Waals surface area contributed by atoms with Crippen molar-refractivity contribution in [2.24, 2.45) is 17.8 Å².